The number of halogens is 2. The molecule has 1 unspecified atom stereocenters. The highest BCUT2D eigenvalue weighted by molar-refractivity contribution is 5.24. The molecule has 0 heterocycles. The monoisotopic (exact) mass is 218 g/mol. The Morgan fingerprint density at radius 2 is 1.80 bits per heavy atom. The van der Waals surface area contributed by atoms with E-state index in [0.717, 1.165) is 13.3 Å². The largest absolute Gasteiger partial charge is 0.270 e. The standard InChI is InChI=1S/C11H18F2.C2H6/c1-5-9(3)7-8-10(6-2)11(4,12)13;1-2/h6-9H,5H2,1-4H3;1-2H3/b8-7-,10-6+;. The fourth-order valence-electron chi connectivity index (χ4n) is 0.900. The second kappa shape index (κ2) is 8.63. The van der Waals surface area contributed by atoms with Crippen LogP contribution in [0.4, 0.5) is 8.78 Å². The first-order valence-corrected chi connectivity index (χ1v) is 5.64. The summed E-state index contributed by atoms with van der Waals surface area (Å²) in [5.41, 5.74) is 0.0906. The minimum absolute atomic E-state index is 0.0906. The van der Waals surface area contributed by atoms with Crippen molar-refractivity contribution in [3.05, 3.63) is 23.8 Å². The van der Waals surface area contributed by atoms with Gasteiger partial charge in [-0.2, -0.15) is 0 Å². The SMILES string of the molecule is C/C=C(\C=C/C(C)CC)C(C)(F)F.CC. The van der Waals surface area contributed by atoms with Crippen LogP contribution in [0.1, 0.15) is 48.0 Å². The fourth-order valence-corrected chi connectivity index (χ4v) is 0.900. The Balaban J connectivity index is 0. The van der Waals surface area contributed by atoms with Crippen LogP contribution in [0, 0.1) is 5.92 Å². The lowest BCUT2D eigenvalue weighted by atomic mass is 10.0. The van der Waals surface area contributed by atoms with Gasteiger partial charge in [0.2, 0.25) is 0 Å². The third-order valence-corrected chi connectivity index (χ3v) is 2.07. The molecule has 0 aliphatic carbocycles. The van der Waals surface area contributed by atoms with Gasteiger partial charge in [-0.05, 0) is 12.8 Å². The Hall–Kier alpha value is -0.660. The third-order valence-electron chi connectivity index (χ3n) is 2.07. The van der Waals surface area contributed by atoms with E-state index in [9.17, 15) is 8.78 Å². The molecule has 0 N–H and O–H groups in total. The molecule has 0 bridgehead atoms. The Kier molecular flexibility index (Phi) is 9.64. The van der Waals surface area contributed by atoms with Gasteiger partial charge in [-0.1, -0.05) is 52.3 Å². The molecule has 0 aromatic carbocycles. The summed E-state index contributed by atoms with van der Waals surface area (Å²) in [5, 5.41) is 0. The molecule has 0 saturated carbocycles. The lowest BCUT2D eigenvalue weighted by molar-refractivity contribution is 0.0673. The van der Waals surface area contributed by atoms with Crippen LogP contribution in [0.2, 0.25) is 0 Å². The first kappa shape index (κ1) is 16.8. The smallest absolute Gasteiger partial charge is 0.202 e. The zero-order valence-electron chi connectivity index (χ0n) is 10.8. The highest BCUT2D eigenvalue weighted by atomic mass is 19.3. The van der Waals surface area contributed by atoms with Crippen LogP contribution in [-0.4, -0.2) is 5.92 Å². The molecule has 15 heavy (non-hydrogen) atoms. The molecule has 2 heteroatoms. The number of alkyl halides is 2. The molecule has 0 spiro atoms. The van der Waals surface area contributed by atoms with E-state index in [1.165, 1.54) is 12.2 Å². The van der Waals surface area contributed by atoms with Gasteiger partial charge in [0.25, 0.3) is 5.92 Å². The summed E-state index contributed by atoms with van der Waals surface area (Å²) in [6.07, 6.45) is 5.78. The number of allylic oxidation sites excluding steroid dienone is 4. The summed E-state index contributed by atoms with van der Waals surface area (Å²) in [4.78, 5) is 0. The van der Waals surface area contributed by atoms with Crippen LogP contribution in [0.15, 0.2) is 23.8 Å². The summed E-state index contributed by atoms with van der Waals surface area (Å²) in [7, 11) is 0. The number of hydrogen-bond acceptors (Lipinski definition) is 0. The summed E-state index contributed by atoms with van der Waals surface area (Å²) < 4.78 is 25.6. The van der Waals surface area contributed by atoms with E-state index in [0.29, 0.717) is 5.92 Å². The van der Waals surface area contributed by atoms with Gasteiger partial charge >= 0.3 is 0 Å². The number of hydrogen-bond donors (Lipinski definition) is 0. The average molecular weight is 218 g/mol. The second-order valence-corrected chi connectivity index (χ2v) is 3.38. The van der Waals surface area contributed by atoms with Crippen molar-refractivity contribution in [1.82, 2.24) is 0 Å². The molecule has 1 atom stereocenters. The minimum atomic E-state index is -2.72. The van der Waals surface area contributed by atoms with Crippen molar-refractivity contribution in [1.29, 1.82) is 0 Å². The van der Waals surface area contributed by atoms with E-state index in [2.05, 4.69) is 0 Å². The maximum absolute atomic E-state index is 12.8. The van der Waals surface area contributed by atoms with Gasteiger partial charge in [-0.15, -0.1) is 0 Å². The van der Waals surface area contributed by atoms with E-state index in [1.807, 2.05) is 33.8 Å². The lowest BCUT2D eigenvalue weighted by Crippen LogP contribution is -2.11. The molecule has 90 valence electrons. The van der Waals surface area contributed by atoms with Crippen LogP contribution in [0.3, 0.4) is 0 Å². The lowest BCUT2D eigenvalue weighted by Gasteiger charge is -2.11. The molecule has 0 aliphatic heterocycles. The molecule has 0 aromatic rings. The number of rotatable bonds is 4. The van der Waals surface area contributed by atoms with Crippen molar-refractivity contribution < 1.29 is 8.78 Å². The van der Waals surface area contributed by atoms with Gasteiger partial charge in [0.05, 0.1) is 0 Å². The van der Waals surface area contributed by atoms with Crippen LogP contribution in [0.5, 0.6) is 0 Å². The third kappa shape index (κ3) is 8.34. The molecule has 0 radical (unpaired) electrons. The van der Waals surface area contributed by atoms with Crippen molar-refractivity contribution in [2.75, 3.05) is 0 Å². The predicted molar refractivity (Wildman–Crippen MR) is 64.3 cm³/mol. The first-order chi connectivity index (χ1) is 6.91. The van der Waals surface area contributed by atoms with E-state index in [4.69, 9.17) is 0 Å². The zero-order valence-corrected chi connectivity index (χ0v) is 10.8. The van der Waals surface area contributed by atoms with Gasteiger partial charge in [-0.3, -0.25) is 0 Å². The molecule has 0 aromatic heterocycles. The maximum Gasteiger partial charge on any atom is 0.270 e. The van der Waals surface area contributed by atoms with Crippen LogP contribution in [-0.2, 0) is 0 Å². The van der Waals surface area contributed by atoms with Gasteiger partial charge < -0.3 is 0 Å². The zero-order chi connectivity index (χ0) is 12.5. The van der Waals surface area contributed by atoms with E-state index < -0.39 is 5.92 Å². The molecular formula is C13H24F2. The molecular weight excluding hydrogens is 194 g/mol. The predicted octanol–water partition coefficient (Wildman–Crippen LogP) is 5.22. The Labute approximate surface area is 93.1 Å². The highest BCUT2D eigenvalue weighted by Crippen LogP contribution is 2.24. The van der Waals surface area contributed by atoms with Crippen molar-refractivity contribution in [2.24, 2.45) is 5.92 Å². The molecule has 0 aliphatic rings. The van der Waals surface area contributed by atoms with Gasteiger partial charge in [0.15, 0.2) is 0 Å². The van der Waals surface area contributed by atoms with E-state index in [1.54, 1.807) is 6.92 Å². The van der Waals surface area contributed by atoms with E-state index >= 15 is 0 Å². The average Bonchev–Trinajstić information content (AvgIpc) is 2.19. The molecule has 0 saturated heterocycles. The minimum Gasteiger partial charge on any atom is -0.202 e. The second-order valence-electron chi connectivity index (χ2n) is 3.38. The normalized spacial score (nSPS) is 14.8. The summed E-state index contributed by atoms with van der Waals surface area (Å²) in [5.74, 6) is -2.36. The van der Waals surface area contributed by atoms with Crippen molar-refractivity contribution in [2.45, 2.75) is 53.9 Å². The molecule has 0 fully saturated rings. The molecule has 0 amide bonds. The van der Waals surface area contributed by atoms with Gasteiger partial charge in [0, 0.05) is 12.5 Å². The summed E-state index contributed by atoms with van der Waals surface area (Å²) >= 11 is 0. The van der Waals surface area contributed by atoms with Crippen molar-refractivity contribution >= 4 is 0 Å². The highest BCUT2D eigenvalue weighted by Gasteiger charge is 2.24. The van der Waals surface area contributed by atoms with Crippen LogP contribution in [0.25, 0.3) is 0 Å². The first-order valence-electron chi connectivity index (χ1n) is 5.64. The van der Waals surface area contributed by atoms with Crippen molar-refractivity contribution in [3.8, 4) is 0 Å². The Bertz CT molecular complexity index is 197. The van der Waals surface area contributed by atoms with Crippen molar-refractivity contribution in [3.63, 3.8) is 0 Å². The van der Waals surface area contributed by atoms with Crippen LogP contribution < -0.4 is 0 Å². The molecule has 0 rings (SSSR count). The Morgan fingerprint density at radius 1 is 1.33 bits per heavy atom. The van der Waals surface area contributed by atoms with E-state index in [-0.39, 0.29) is 5.57 Å². The fraction of sp³-hybridized carbons (Fsp3) is 0.692. The quantitative estimate of drug-likeness (QED) is 0.568. The molecule has 0 nitrogen and oxygen atoms in total. The Morgan fingerprint density at radius 3 is 2.07 bits per heavy atom. The van der Waals surface area contributed by atoms with Gasteiger partial charge in [-0.25, -0.2) is 8.78 Å². The van der Waals surface area contributed by atoms with Gasteiger partial charge in [0.1, 0.15) is 0 Å². The van der Waals surface area contributed by atoms with Crippen LogP contribution >= 0.6 is 0 Å². The topological polar surface area (TPSA) is 0 Å². The maximum atomic E-state index is 12.8. The summed E-state index contributed by atoms with van der Waals surface area (Å²) in [6, 6.07) is 0. The summed E-state index contributed by atoms with van der Waals surface area (Å²) in [6.45, 7) is 10.6.